The fourth-order valence-corrected chi connectivity index (χ4v) is 4.32. The Labute approximate surface area is 164 Å². The van der Waals surface area contributed by atoms with Crippen molar-refractivity contribution in [1.29, 1.82) is 0 Å². The first-order chi connectivity index (χ1) is 13.1. The summed E-state index contributed by atoms with van der Waals surface area (Å²) < 4.78 is 0. The van der Waals surface area contributed by atoms with Crippen molar-refractivity contribution in [3.05, 3.63) is 41.8 Å². The Morgan fingerprint density at radius 3 is 3.00 bits per heavy atom. The van der Waals surface area contributed by atoms with Crippen LogP contribution in [0.1, 0.15) is 13.3 Å². The van der Waals surface area contributed by atoms with Crippen LogP contribution >= 0.6 is 23.1 Å². The summed E-state index contributed by atoms with van der Waals surface area (Å²) in [5, 5.41) is 12.4. The van der Waals surface area contributed by atoms with Crippen LogP contribution in [-0.2, 0) is 9.59 Å². The van der Waals surface area contributed by atoms with Gasteiger partial charge in [0.25, 0.3) is 0 Å². The molecule has 1 aliphatic rings. The van der Waals surface area contributed by atoms with Crippen LogP contribution in [0.15, 0.2) is 46.9 Å². The maximum atomic E-state index is 12.9. The number of benzene rings is 1. The summed E-state index contributed by atoms with van der Waals surface area (Å²) in [5.41, 5.74) is 1.37. The Kier molecular flexibility index (Phi) is 4.95. The lowest BCUT2D eigenvalue weighted by molar-refractivity contribution is -0.117. The first kappa shape index (κ1) is 17.7. The van der Waals surface area contributed by atoms with E-state index in [0.717, 1.165) is 10.6 Å². The SMILES string of the molecule is C[C@H]1CC(=O)Nc2ccccc2N1C(=O)CSc1n[nH]c(-c2cccs2)n1. The monoisotopic (exact) mass is 399 g/mol. The second-order valence-electron chi connectivity index (χ2n) is 6.11. The molecule has 9 heteroatoms. The van der Waals surface area contributed by atoms with Gasteiger partial charge in [-0.3, -0.25) is 14.7 Å². The molecule has 7 nitrogen and oxygen atoms in total. The van der Waals surface area contributed by atoms with E-state index >= 15 is 0 Å². The van der Waals surface area contributed by atoms with Crippen LogP contribution in [0.3, 0.4) is 0 Å². The molecule has 0 fully saturated rings. The molecule has 27 heavy (non-hydrogen) atoms. The predicted molar refractivity (Wildman–Crippen MR) is 107 cm³/mol. The second kappa shape index (κ2) is 7.53. The molecule has 0 aliphatic carbocycles. The molecule has 1 aromatic carbocycles. The van der Waals surface area contributed by atoms with E-state index < -0.39 is 0 Å². The standard InChI is InChI=1S/C18H17N5O2S2/c1-11-9-15(24)19-12-5-2-3-6-13(12)23(11)16(25)10-27-18-20-17(21-22-18)14-7-4-8-26-14/h2-8,11H,9-10H2,1H3,(H,19,24)(H,20,21,22)/t11-/m0/s1. The molecule has 0 bridgehead atoms. The summed E-state index contributed by atoms with van der Waals surface area (Å²) in [6.45, 7) is 1.88. The number of thioether (sulfide) groups is 1. The maximum Gasteiger partial charge on any atom is 0.237 e. The lowest BCUT2D eigenvalue weighted by atomic mass is 10.2. The zero-order valence-electron chi connectivity index (χ0n) is 14.5. The van der Waals surface area contributed by atoms with Crippen LogP contribution in [-0.4, -0.2) is 38.8 Å². The first-order valence-corrected chi connectivity index (χ1v) is 10.3. The molecule has 0 spiro atoms. The molecule has 4 rings (SSSR count). The third kappa shape index (κ3) is 3.74. The third-order valence-corrected chi connectivity index (χ3v) is 5.88. The van der Waals surface area contributed by atoms with Crippen LogP contribution in [0, 0.1) is 0 Å². The van der Waals surface area contributed by atoms with Crippen LogP contribution in [0.25, 0.3) is 10.7 Å². The van der Waals surface area contributed by atoms with Gasteiger partial charge in [0.2, 0.25) is 17.0 Å². The molecule has 138 valence electrons. The van der Waals surface area contributed by atoms with Crippen molar-refractivity contribution in [3.8, 4) is 10.7 Å². The fraction of sp³-hybridized carbons (Fsp3) is 0.222. The lowest BCUT2D eigenvalue weighted by Crippen LogP contribution is -2.40. The van der Waals surface area contributed by atoms with E-state index in [0.29, 0.717) is 16.7 Å². The zero-order chi connectivity index (χ0) is 18.8. The van der Waals surface area contributed by atoms with Crippen LogP contribution < -0.4 is 10.2 Å². The number of fused-ring (bicyclic) bond motifs is 1. The summed E-state index contributed by atoms with van der Waals surface area (Å²) in [7, 11) is 0. The van der Waals surface area contributed by atoms with Crippen molar-refractivity contribution in [1.82, 2.24) is 15.2 Å². The minimum absolute atomic E-state index is 0.0843. The van der Waals surface area contributed by atoms with Crippen LogP contribution in [0.4, 0.5) is 11.4 Å². The molecule has 0 radical (unpaired) electrons. The first-order valence-electron chi connectivity index (χ1n) is 8.42. The average Bonchev–Trinajstić information content (AvgIpc) is 3.30. The molecule has 0 unspecified atom stereocenters. The normalized spacial score (nSPS) is 16.6. The molecular formula is C18H17N5O2S2. The number of hydrogen-bond acceptors (Lipinski definition) is 6. The smallest absolute Gasteiger partial charge is 0.237 e. The molecule has 1 atom stereocenters. The number of anilines is 2. The van der Waals surface area contributed by atoms with Gasteiger partial charge in [-0.15, -0.1) is 16.4 Å². The highest BCUT2D eigenvalue weighted by Crippen LogP contribution is 2.32. The summed E-state index contributed by atoms with van der Waals surface area (Å²) in [6, 6.07) is 11.0. The van der Waals surface area contributed by atoms with Crippen LogP contribution in [0.2, 0.25) is 0 Å². The zero-order valence-corrected chi connectivity index (χ0v) is 16.1. The number of carbonyl (C=O) groups is 2. The summed E-state index contributed by atoms with van der Waals surface area (Å²) in [4.78, 5) is 32.1. The maximum absolute atomic E-state index is 12.9. The van der Waals surface area contributed by atoms with Gasteiger partial charge >= 0.3 is 0 Å². The topological polar surface area (TPSA) is 91.0 Å². The molecular weight excluding hydrogens is 382 g/mol. The number of para-hydroxylation sites is 2. The van der Waals surface area contributed by atoms with Crippen molar-refractivity contribution >= 4 is 46.3 Å². The Morgan fingerprint density at radius 2 is 2.19 bits per heavy atom. The number of carbonyl (C=O) groups excluding carboxylic acids is 2. The van der Waals surface area contributed by atoms with E-state index in [1.165, 1.54) is 11.8 Å². The average molecular weight is 400 g/mol. The number of nitrogens with zero attached hydrogens (tertiary/aromatic N) is 3. The number of hydrogen-bond donors (Lipinski definition) is 2. The number of aromatic nitrogens is 3. The molecule has 2 amide bonds. The molecule has 2 N–H and O–H groups in total. The Balaban J connectivity index is 1.50. The highest BCUT2D eigenvalue weighted by Gasteiger charge is 2.29. The van der Waals surface area contributed by atoms with E-state index in [1.54, 1.807) is 22.3 Å². The highest BCUT2D eigenvalue weighted by atomic mass is 32.2. The van der Waals surface area contributed by atoms with E-state index in [1.807, 2.05) is 42.6 Å². The highest BCUT2D eigenvalue weighted by molar-refractivity contribution is 7.99. The molecule has 1 aliphatic heterocycles. The van der Waals surface area contributed by atoms with Gasteiger partial charge in [0.15, 0.2) is 5.82 Å². The van der Waals surface area contributed by atoms with Crippen molar-refractivity contribution in [2.75, 3.05) is 16.0 Å². The van der Waals surface area contributed by atoms with Gasteiger partial charge in [-0.2, -0.15) is 0 Å². The van der Waals surface area contributed by atoms with E-state index in [4.69, 9.17) is 0 Å². The van der Waals surface area contributed by atoms with Crippen LogP contribution in [0.5, 0.6) is 0 Å². The van der Waals surface area contributed by atoms with Gasteiger partial charge in [-0.1, -0.05) is 30.0 Å². The summed E-state index contributed by atoms with van der Waals surface area (Å²) >= 11 is 2.85. The fourth-order valence-electron chi connectivity index (χ4n) is 3.00. The Morgan fingerprint density at radius 1 is 1.33 bits per heavy atom. The number of aromatic amines is 1. The molecule has 0 saturated heterocycles. The van der Waals surface area contributed by atoms with Gasteiger partial charge in [0.05, 0.1) is 22.0 Å². The minimum atomic E-state index is -0.226. The largest absolute Gasteiger partial charge is 0.324 e. The number of H-pyrrole nitrogens is 1. The Bertz CT molecular complexity index is 970. The molecule has 2 aromatic heterocycles. The summed E-state index contributed by atoms with van der Waals surface area (Å²) in [6.07, 6.45) is 0.258. The number of amides is 2. The molecule has 0 saturated carbocycles. The predicted octanol–water partition coefficient (Wildman–Crippen LogP) is 3.39. The molecule has 3 aromatic rings. The van der Waals surface area contributed by atoms with E-state index in [-0.39, 0.29) is 30.0 Å². The third-order valence-electron chi connectivity index (χ3n) is 4.17. The van der Waals surface area contributed by atoms with Crippen molar-refractivity contribution in [2.45, 2.75) is 24.5 Å². The van der Waals surface area contributed by atoms with Crippen molar-refractivity contribution in [3.63, 3.8) is 0 Å². The van der Waals surface area contributed by atoms with Gasteiger partial charge in [0, 0.05) is 12.5 Å². The van der Waals surface area contributed by atoms with Crippen molar-refractivity contribution < 1.29 is 9.59 Å². The summed E-state index contributed by atoms with van der Waals surface area (Å²) in [5.74, 6) is 0.712. The van der Waals surface area contributed by atoms with Gasteiger partial charge in [-0.05, 0) is 30.5 Å². The van der Waals surface area contributed by atoms with Gasteiger partial charge in [0.1, 0.15) is 0 Å². The lowest BCUT2D eigenvalue weighted by Gasteiger charge is -2.27. The van der Waals surface area contributed by atoms with Crippen molar-refractivity contribution in [2.24, 2.45) is 0 Å². The van der Waals surface area contributed by atoms with Gasteiger partial charge < -0.3 is 10.2 Å². The van der Waals surface area contributed by atoms with E-state index in [2.05, 4.69) is 20.5 Å². The Hall–Kier alpha value is -2.65. The minimum Gasteiger partial charge on any atom is -0.324 e. The number of rotatable bonds is 4. The number of nitrogens with one attached hydrogen (secondary N) is 2. The molecule has 3 heterocycles. The number of thiophene rings is 1. The second-order valence-corrected chi connectivity index (χ2v) is 8.00. The van der Waals surface area contributed by atoms with E-state index in [9.17, 15) is 9.59 Å². The quantitative estimate of drug-likeness (QED) is 0.656. The van der Waals surface area contributed by atoms with Gasteiger partial charge in [-0.25, -0.2) is 4.98 Å².